The number of nitrogens with one attached hydrogen (secondary N) is 1. The van der Waals surface area contributed by atoms with Crippen molar-refractivity contribution >= 4 is 23.6 Å². The molecule has 2 fully saturated rings. The minimum Gasteiger partial charge on any atom is -0.508 e. The molecule has 4 aromatic rings. The molecule has 15 nitrogen and oxygen atoms in total. The number of aromatic hydroxyl groups is 2. The van der Waals surface area contributed by atoms with Gasteiger partial charge in [0.2, 0.25) is 0 Å². The van der Waals surface area contributed by atoms with Crippen LogP contribution in [0, 0.1) is 0 Å². The number of benzene rings is 3. The fourth-order valence-electron chi connectivity index (χ4n) is 8.76. The average Bonchev–Trinajstić information content (AvgIpc) is 3.95. The van der Waals surface area contributed by atoms with Crippen LogP contribution in [0.5, 0.6) is 17.2 Å². The van der Waals surface area contributed by atoms with Gasteiger partial charge in [-0.3, -0.25) is 9.69 Å². The quantitative estimate of drug-likeness (QED) is 0.0742. The minimum atomic E-state index is -3.09. The molecule has 7 atom stereocenters. The Morgan fingerprint density at radius 2 is 1.75 bits per heavy atom. The predicted octanol–water partition coefficient (Wildman–Crippen LogP) is 2.97. The first-order chi connectivity index (χ1) is 27.3. The van der Waals surface area contributed by atoms with Gasteiger partial charge in [-0.2, -0.15) is 0 Å². The SMILES string of the molecule is CCc1nc[nH]c1Cc1cc(C=CC(=O)N2c3cc(OC4(O)OC(CO)C(O)C(O)C4O)c(O)cc3C(CC3(c4ccccc4)CCCC3)C2C(=O)O)ccc1O. The number of aromatic amines is 1. The molecule has 57 heavy (non-hydrogen) atoms. The highest BCUT2D eigenvalue weighted by molar-refractivity contribution is 6.10. The summed E-state index contributed by atoms with van der Waals surface area (Å²) >= 11 is 0. The highest BCUT2D eigenvalue weighted by Crippen LogP contribution is 2.55. The van der Waals surface area contributed by atoms with Crippen LogP contribution in [-0.4, -0.2) is 106 Å². The maximum Gasteiger partial charge on any atom is 0.355 e. The molecule has 3 heterocycles. The summed E-state index contributed by atoms with van der Waals surface area (Å²) in [6.45, 7) is 1.09. The minimum absolute atomic E-state index is 0.0435. The lowest BCUT2D eigenvalue weighted by Crippen LogP contribution is -2.67. The highest BCUT2D eigenvalue weighted by atomic mass is 16.8. The van der Waals surface area contributed by atoms with Gasteiger partial charge in [0.05, 0.1) is 24.3 Å². The van der Waals surface area contributed by atoms with E-state index in [1.54, 1.807) is 18.5 Å². The second-order valence-electron chi connectivity index (χ2n) is 15.1. The number of H-pyrrole nitrogens is 1. The van der Waals surface area contributed by atoms with Crippen LogP contribution in [0.2, 0.25) is 0 Å². The summed E-state index contributed by atoms with van der Waals surface area (Å²) in [4.78, 5) is 36.3. The second kappa shape index (κ2) is 15.9. The topological polar surface area (TPSA) is 246 Å². The molecule has 0 spiro atoms. The smallest absolute Gasteiger partial charge is 0.355 e. The number of aliphatic hydroxyl groups is 5. The van der Waals surface area contributed by atoms with E-state index < -0.39 is 77.7 Å². The molecule has 302 valence electrons. The summed E-state index contributed by atoms with van der Waals surface area (Å²) < 4.78 is 10.8. The first kappa shape index (κ1) is 39.9. The van der Waals surface area contributed by atoms with Crippen LogP contribution in [0.3, 0.4) is 0 Å². The molecule has 3 aromatic carbocycles. The Morgan fingerprint density at radius 1 is 1.02 bits per heavy atom. The van der Waals surface area contributed by atoms with E-state index in [1.165, 1.54) is 24.3 Å². The summed E-state index contributed by atoms with van der Waals surface area (Å²) in [5, 5.41) is 85.2. The summed E-state index contributed by atoms with van der Waals surface area (Å²) in [7, 11) is 0. The number of nitrogens with zero attached hydrogens (tertiary/aromatic N) is 2. The van der Waals surface area contributed by atoms with Crippen molar-refractivity contribution < 1.29 is 59.9 Å². The maximum atomic E-state index is 14.4. The molecule has 7 rings (SSSR count). The largest absolute Gasteiger partial charge is 0.508 e. The number of aromatic nitrogens is 2. The lowest BCUT2D eigenvalue weighted by atomic mass is 9.70. The third-order valence-electron chi connectivity index (χ3n) is 11.7. The number of anilines is 1. The van der Waals surface area contributed by atoms with Gasteiger partial charge in [-0.15, -0.1) is 0 Å². The fourth-order valence-corrected chi connectivity index (χ4v) is 8.76. The van der Waals surface area contributed by atoms with Crippen LogP contribution in [0.15, 0.2) is 73.1 Å². The van der Waals surface area contributed by atoms with Crippen molar-refractivity contribution in [2.45, 2.75) is 99.6 Å². The lowest BCUT2D eigenvalue weighted by molar-refractivity contribution is -0.422. The number of aliphatic hydroxyl groups excluding tert-OH is 4. The highest BCUT2D eigenvalue weighted by Gasteiger charge is 2.56. The molecule has 1 amide bonds. The average molecular weight is 786 g/mol. The van der Waals surface area contributed by atoms with Crippen LogP contribution in [0.1, 0.15) is 78.6 Å². The predicted molar refractivity (Wildman–Crippen MR) is 204 cm³/mol. The third kappa shape index (κ3) is 7.49. The summed E-state index contributed by atoms with van der Waals surface area (Å²) in [5.74, 6) is -7.05. The normalized spacial score (nSPS) is 26.8. The Bertz CT molecular complexity index is 2130. The third-order valence-corrected chi connectivity index (χ3v) is 11.7. The standard InChI is InChI=1S/C42H47N3O12/c1-2-28-29(44-22-43-28)17-24-16-23(10-12-31(24)47)11-13-35(49)45-30-19-33(56-42(55)39(52)38(51)37(50)34(21-46)57-42)32(48)18-26(30)27(36(45)40(53)54)20-41(14-6-7-15-41)25-8-4-3-5-9-25/h3-5,8-13,16,18-19,22,27,34,36-39,46-48,50-52,55H,2,6-7,14-15,17,20-21H2,1H3,(H,43,44)(H,53,54). The molecule has 0 bridgehead atoms. The summed E-state index contributed by atoms with van der Waals surface area (Å²) in [6.07, 6.45) is 1.34. The van der Waals surface area contributed by atoms with Crippen molar-refractivity contribution in [3.63, 3.8) is 0 Å². The Balaban J connectivity index is 1.28. The molecule has 1 aromatic heterocycles. The monoisotopic (exact) mass is 785 g/mol. The van der Waals surface area contributed by atoms with Gasteiger partial charge in [0.25, 0.3) is 5.91 Å². The Labute approximate surface area is 328 Å². The van der Waals surface area contributed by atoms with Crippen molar-refractivity contribution in [1.82, 2.24) is 9.97 Å². The number of phenols is 2. The van der Waals surface area contributed by atoms with Crippen LogP contribution in [-0.2, 0) is 32.6 Å². The Hall–Kier alpha value is -5.29. The van der Waals surface area contributed by atoms with Gasteiger partial charge in [-0.05, 0) is 72.1 Å². The molecule has 7 unspecified atom stereocenters. The van der Waals surface area contributed by atoms with Gasteiger partial charge in [0.15, 0.2) is 17.6 Å². The number of amides is 1. The molecule has 0 radical (unpaired) electrons. The van der Waals surface area contributed by atoms with Gasteiger partial charge in [0.1, 0.15) is 30.1 Å². The number of aliphatic carboxylic acids is 1. The zero-order chi connectivity index (χ0) is 40.6. The number of phenolic OH excluding ortho intramolecular Hbond substituents is 2. The maximum absolute atomic E-state index is 14.4. The number of carboxylic acid groups (broad SMARTS) is 1. The number of hydrogen-bond acceptors (Lipinski definition) is 12. The number of rotatable bonds is 12. The number of carboxylic acids is 1. The molecule has 15 heteroatoms. The van der Waals surface area contributed by atoms with Gasteiger partial charge >= 0.3 is 11.9 Å². The first-order valence-corrected chi connectivity index (χ1v) is 19.0. The molecule has 2 aliphatic heterocycles. The zero-order valence-corrected chi connectivity index (χ0v) is 31.2. The van der Waals surface area contributed by atoms with E-state index in [0.717, 1.165) is 53.6 Å². The second-order valence-corrected chi connectivity index (χ2v) is 15.1. The molecular formula is C42H47N3O12. The summed E-state index contributed by atoms with van der Waals surface area (Å²) in [5.41, 5.74) is 3.78. The van der Waals surface area contributed by atoms with Crippen molar-refractivity contribution in [3.8, 4) is 17.2 Å². The number of fused-ring (bicyclic) bond motifs is 1. The molecule has 9 N–H and O–H groups in total. The summed E-state index contributed by atoms with van der Waals surface area (Å²) in [6, 6.07) is 15.6. The van der Waals surface area contributed by atoms with Gasteiger partial charge in [0, 0.05) is 35.7 Å². The Kier molecular flexibility index (Phi) is 11.2. The van der Waals surface area contributed by atoms with E-state index in [4.69, 9.17) is 9.47 Å². The van der Waals surface area contributed by atoms with Crippen molar-refractivity contribution in [2.75, 3.05) is 11.5 Å². The first-order valence-electron chi connectivity index (χ1n) is 19.0. The van der Waals surface area contributed by atoms with Crippen LogP contribution in [0.25, 0.3) is 6.08 Å². The van der Waals surface area contributed by atoms with Gasteiger partial charge in [-0.25, -0.2) is 9.78 Å². The number of carbonyl (C=O) groups excluding carboxylic acids is 1. The van der Waals surface area contributed by atoms with E-state index in [-0.39, 0.29) is 11.4 Å². The van der Waals surface area contributed by atoms with E-state index >= 15 is 0 Å². The zero-order valence-electron chi connectivity index (χ0n) is 31.2. The van der Waals surface area contributed by atoms with E-state index in [9.17, 15) is 50.4 Å². The van der Waals surface area contributed by atoms with E-state index in [2.05, 4.69) is 9.97 Å². The number of hydrogen-bond donors (Lipinski definition) is 9. The molecular weight excluding hydrogens is 738 g/mol. The van der Waals surface area contributed by atoms with Crippen LogP contribution in [0.4, 0.5) is 5.69 Å². The number of aryl methyl sites for hydroxylation is 1. The van der Waals surface area contributed by atoms with E-state index in [0.29, 0.717) is 36.0 Å². The lowest BCUT2D eigenvalue weighted by Gasteiger charge is -2.44. The molecule has 3 aliphatic rings. The Morgan fingerprint density at radius 3 is 2.44 bits per heavy atom. The number of imidazole rings is 1. The molecule has 1 aliphatic carbocycles. The van der Waals surface area contributed by atoms with Crippen molar-refractivity contribution in [1.29, 1.82) is 0 Å². The molecule has 1 saturated heterocycles. The van der Waals surface area contributed by atoms with Crippen molar-refractivity contribution in [3.05, 3.63) is 107 Å². The van der Waals surface area contributed by atoms with Gasteiger partial charge in [-0.1, -0.05) is 56.2 Å². The fraction of sp³-hybridized carbons (Fsp3) is 0.405. The van der Waals surface area contributed by atoms with Crippen LogP contribution >= 0.6 is 0 Å². The number of ether oxygens (including phenoxy) is 2. The number of carbonyl (C=O) groups is 2. The van der Waals surface area contributed by atoms with Crippen LogP contribution < -0.4 is 9.64 Å². The van der Waals surface area contributed by atoms with Gasteiger partial charge < -0.3 is 55.3 Å². The van der Waals surface area contributed by atoms with E-state index in [1.807, 2.05) is 37.3 Å². The molecule has 1 saturated carbocycles. The van der Waals surface area contributed by atoms with Crippen molar-refractivity contribution in [2.24, 2.45) is 0 Å².